The van der Waals surface area contributed by atoms with E-state index in [-0.39, 0.29) is 11.8 Å². The normalized spacial score (nSPS) is 24.8. The van der Waals surface area contributed by atoms with Crippen molar-refractivity contribution in [1.29, 1.82) is 0 Å². The Bertz CT molecular complexity index is 619. The molecule has 1 aromatic rings. The lowest BCUT2D eigenvalue weighted by Crippen LogP contribution is -2.52. The highest BCUT2D eigenvalue weighted by molar-refractivity contribution is 6.33. The molecule has 5 heteroatoms. The van der Waals surface area contributed by atoms with Crippen molar-refractivity contribution in [2.75, 3.05) is 13.1 Å². The van der Waals surface area contributed by atoms with Gasteiger partial charge < -0.3 is 10.2 Å². The monoisotopic (exact) mass is 348 g/mol. The van der Waals surface area contributed by atoms with E-state index in [1.54, 1.807) is 31.2 Å². The topological polar surface area (TPSA) is 49.4 Å². The molecule has 0 aromatic heterocycles. The summed E-state index contributed by atoms with van der Waals surface area (Å²) in [6, 6.07) is 6.36. The molecule has 1 aliphatic carbocycles. The number of nitrogens with zero attached hydrogens (tertiary/aromatic N) is 1. The summed E-state index contributed by atoms with van der Waals surface area (Å²) in [7, 11) is 0. The fourth-order valence-corrected chi connectivity index (χ4v) is 4.28. The number of benzene rings is 1. The molecule has 1 heterocycles. The van der Waals surface area contributed by atoms with Crippen LogP contribution in [0.25, 0.3) is 0 Å². The van der Waals surface area contributed by atoms with Gasteiger partial charge in [-0.25, -0.2) is 0 Å². The number of rotatable bonds is 3. The van der Waals surface area contributed by atoms with Gasteiger partial charge in [0, 0.05) is 13.1 Å². The van der Waals surface area contributed by atoms with Gasteiger partial charge in [0.2, 0.25) is 5.91 Å². The minimum Gasteiger partial charge on any atom is -0.341 e. The first kappa shape index (κ1) is 17.3. The van der Waals surface area contributed by atoms with Crippen molar-refractivity contribution < 1.29 is 9.59 Å². The van der Waals surface area contributed by atoms with Crippen LogP contribution in [0.3, 0.4) is 0 Å². The van der Waals surface area contributed by atoms with Gasteiger partial charge in [-0.05, 0) is 43.7 Å². The van der Waals surface area contributed by atoms with Gasteiger partial charge in [-0.15, -0.1) is 0 Å². The fourth-order valence-electron chi connectivity index (χ4n) is 4.06. The van der Waals surface area contributed by atoms with Gasteiger partial charge in [0.05, 0.1) is 10.6 Å². The number of nitrogens with one attached hydrogen (secondary N) is 1. The molecule has 1 saturated heterocycles. The van der Waals surface area contributed by atoms with Gasteiger partial charge in [0.25, 0.3) is 5.91 Å². The Labute approximate surface area is 148 Å². The molecule has 0 spiro atoms. The Morgan fingerprint density at radius 3 is 2.62 bits per heavy atom. The number of carbonyl (C=O) groups is 2. The number of hydrogen-bond acceptors (Lipinski definition) is 2. The van der Waals surface area contributed by atoms with Gasteiger partial charge >= 0.3 is 0 Å². The van der Waals surface area contributed by atoms with E-state index in [0.29, 0.717) is 16.5 Å². The summed E-state index contributed by atoms with van der Waals surface area (Å²) in [4.78, 5) is 27.0. The summed E-state index contributed by atoms with van der Waals surface area (Å²) in [6.07, 6.45) is 6.25. The van der Waals surface area contributed by atoms with Crippen LogP contribution < -0.4 is 5.32 Å². The second-order valence-electron chi connectivity index (χ2n) is 7.05. The minimum absolute atomic E-state index is 0.0134. The smallest absolute Gasteiger partial charge is 0.253 e. The van der Waals surface area contributed by atoms with Crippen LogP contribution >= 0.6 is 11.6 Å². The van der Waals surface area contributed by atoms with Crippen molar-refractivity contribution in [1.82, 2.24) is 10.2 Å². The lowest BCUT2D eigenvalue weighted by Gasteiger charge is -2.42. The zero-order valence-electron chi connectivity index (χ0n) is 14.1. The van der Waals surface area contributed by atoms with Gasteiger partial charge in [-0.2, -0.15) is 0 Å². The standard InChI is InChI=1S/C19H25ClN2O2/c1-13(21-18(23)16-8-4-5-9-17(16)20)19(24)22-11-10-14-6-2-3-7-15(14)12-22/h4-5,8-9,13-15H,2-3,6-7,10-12H2,1H3,(H,21,23)/t13-,14+,15-/m0/s1. The Kier molecular flexibility index (Phi) is 5.44. The third-order valence-corrected chi connectivity index (χ3v) is 5.77. The zero-order valence-corrected chi connectivity index (χ0v) is 14.9. The maximum Gasteiger partial charge on any atom is 0.253 e. The van der Waals surface area contributed by atoms with Crippen LogP contribution in [0, 0.1) is 11.8 Å². The van der Waals surface area contributed by atoms with Crippen LogP contribution in [-0.2, 0) is 4.79 Å². The van der Waals surface area contributed by atoms with Crippen molar-refractivity contribution in [2.24, 2.45) is 11.8 Å². The van der Waals surface area contributed by atoms with Crippen LogP contribution in [0.15, 0.2) is 24.3 Å². The summed E-state index contributed by atoms with van der Waals surface area (Å²) >= 11 is 6.05. The van der Waals surface area contributed by atoms with E-state index in [9.17, 15) is 9.59 Å². The average molecular weight is 349 g/mol. The van der Waals surface area contributed by atoms with Crippen LogP contribution in [0.2, 0.25) is 5.02 Å². The molecule has 0 unspecified atom stereocenters. The first-order valence-corrected chi connectivity index (χ1v) is 9.28. The lowest BCUT2D eigenvalue weighted by atomic mass is 9.75. The van der Waals surface area contributed by atoms with Gasteiger partial charge in [0.15, 0.2) is 0 Å². The van der Waals surface area contributed by atoms with Gasteiger partial charge in [0.1, 0.15) is 6.04 Å². The predicted octanol–water partition coefficient (Wildman–Crippen LogP) is 3.50. The minimum atomic E-state index is -0.533. The average Bonchev–Trinajstić information content (AvgIpc) is 2.60. The highest BCUT2D eigenvalue weighted by Crippen LogP contribution is 2.36. The van der Waals surface area contributed by atoms with E-state index < -0.39 is 6.04 Å². The molecule has 0 radical (unpaired) electrons. The van der Waals surface area contributed by atoms with E-state index in [0.717, 1.165) is 25.4 Å². The van der Waals surface area contributed by atoms with E-state index in [2.05, 4.69) is 5.32 Å². The van der Waals surface area contributed by atoms with Crippen LogP contribution in [0.1, 0.15) is 49.4 Å². The number of hydrogen-bond donors (Lipinski definition) is 1. The highest BCUT2D eigenvalue weighted by atomic mass is 35.5. The van der Waals surface area contributed by atoms with Crippen molar-refractivity contribution in [3.05, 3.63) is 34.9 Å². The third kappa shape index (κ3) is 3.75. The Morgan fingerprint density at radius 1 is 1.17 bits per heavy atom. The Balaban J connectivity index is 1.58. The largest absolute Gasteiger partial charge is 0.341 e. The molecule has 4 nitrogen and oxygen atoms in total. The molecule has 2 fully saturated rings. The van der Waals surface area contributed by atoms with Crippen molar-refractivity contribution >= 4 is 23.4 Å². The number of likely N-dealkylation sites (tertiary alicyclic amines) is 1. The van der Waals surface area contributed by atoms with Crippen molar-refractivity contribution in [3.8, 4) is 0 Å². The highest BCUT2D eigenvalue weighted by Gasteiger charge is 2.34. The van der Waals surface area contributed by atoms with Gasteiger partial charge in [-0.3, -0.25) is 9.59 Å². The number of carbonyl (C=O) groups excluding carboxylic acids is 2. The van der Waals surface area contributed by atoms with E-state index >= 15 is 0 Å². The second-order valence-corrected chi connectivity index (χ2v) is 7.46. The molecule has 24 heavy (non-hydrogen) atoms. The molecule has 130 valence electrons. The number of amides is 2. The first-order valence-electron chi connectivity index (χ1n) is 8.90. The molecule has 0 bridgehead atoms. The Morgan fingerprint density at radius 2 is 1.88 bits per heavy atom. The molecular formula is C19H25ClN2O2. The molecule has 3 rings (SSSR count). The molecule has 2 amide bonds. The molecule has 2 aliphatic rings. The van der Waals surface area contributed by atoms with Crippen LogP contribution in [0.4, 0.5) is 0 Å². The molecule has 1 aliphatic heterocycles. The lowest BCUT2D eigenvalue weighted by molar-refractivity contribution is -0.135. The van der Waals surface area contributed by atoms with Gasteiger partial charge in [-0.1, -0.05) is 43.0 Å². The second kappa shape index (κ2) is 7.56. The number of halogens is 1. The number of piperidine rings is 1. The molecule has 1 saturated carbocycles. The summed E-state index contributed by atoms with van der Waals surface area (Å²) in [5.41, 5.74) is 0.407. The SMILES string of the molecule is C[C@H](NC(=O)c1ccccc1Cl)C(=O)N1CC[C@H]2CCCC[C@H]2C1. The predicted molar refractivity (Wildman–Crippen MR) is 95.0 cm³/mol. The quantitative estimate of drug-likeness (QED) is 0.908. The third-order valence-electron chi connectivity index (χ3n) is 5.44. The maximum atomic E-state index is 12.7. The van der Waals surface area contributed by atoms with Crippen molar-refractivity contribution in [3.63, 3.8) is 0 Å². The van der Waals surface area contributed by atoms with E-state index in [1.807, 2.05) is 4.90 Å². The van der Waals surface area contributed by atoms with E-state index in [4.69, 9.17) is 11.6 Å². The summed E-state index contributed by atoms with van der Waals surface area (Å²) < 4.78 is 0. The molecule has 3 atom stereocenters. The zero-order chi connectivity index (χ0) is 17.1. The Hall–Kier alpha value is -1.55. The van der Waals surface area contributed by atoms with Crippen LogP contribution in [0.5, 0.6) is 0 Å². The van der Waals surface area contributed by atoms with Crippen molar-refractivity contribution in [2.45, 2.75) is 45.1 Å². The fraction of sp³-hybridized carbons (Fsp3) is 0.579. The first-order chi connectivity index (χ1) is 11.6. The summed E-state index contributed by atoms with van der Waals surface area (Å²) in [6.45, 7) is 3.41. The molecule has 1 aromatic carbocycles. The molecular weight excluding hydrogens is 324 g/mol. The maximum absolute atomic E-state index is 12.7. The van der Waals surface area contributed by atoms with E-state index in [1.165, 1.54) is 25.7 Å². The number of fused-ring (bicyclic) bond motifs is 1. The molecule has 1 N–H and O–H groups in total. The summed E-state index contributed by atoms with van der Waals surface area (Å²) in [5, 5.41) is 3.19. The summed E-state index contributed by atoms with van der Waals surface area (Å²) in [5.74, 6) is 1.15. The van der Waals surface area contributed by atoms with Crippen LogP contribution in [-0.4, -0.2) is 35.8 Å².